The van der Waals surface area contributed by atoms with Crippen molar-refractivity contribution in [2.75, 3.05) is 52.3 Å². The topological polar surface area (TPSA) is 77.0 Å². The second-order valence-electron chi connectivity index (χ2n) is 6.60. The zero-order valence-corrected chi connectivity index (χ0v) is 15.7. The molecule has 0 spiro atoms. The number of likely N-dealkylation sites (N-methyl/N-ethyl adjacent to an activating group) is 1. The maximum Gasteiger partial charge on any atom is 0.243 e. The number of carbonyl (C=O) groups excluding carboxylic acids is 2. The lowest BCUT2D eigenvalue weighted by atomic mass is 10.1. The second kappa shape index (κ2) is 9.15. The van der Waals surface area contributed by atoms with E-state index < -0.39 is 0 Å². The average molecular weight is 356 g/mol. The Morgan fingerprint density at radius 3 is 2.75 bits per heavy atom. The molecule has 2 fully saturated rings. The van der Waals surface area contributed by atoms with Gasteiger partial charge in [-0.3, -0.25) is 9.59 Å². The summed E-state index contributed by atoms with van der Waals surface area (Å²) in [7, 11) is 3.45. The molecule has 1 saturated carbocycles. The van der Waals surface area contributed by atoms with Crippen molar-refractivity contribution >= 4 is 29.5 Å². The van der Waals surface area contributed by atoms with Gasteiger partial charge in [0.2, 0.25) is 11.8 Å². The average Bonchev–Trinajstić information content (AvgIpc) is 3.32. The van der Waals surface area contributed by atoms with Gasteiger partial charge in [-0.15, -0.1) is 0 Å². The summed E-state index contributed by atoms with van der Waals surface area (Å²) in [5.74, 6) is 2.18. The van der Waals surface area contributed by atoms with Crippen LogP contribution in [0.3, 0.4) is 0 Å². The number of guanidine groups is 1. The predicted octanol–water partition coefficient (Wildman–Crippen LogP) is -0.0163. The van der Waals surface area contributed by atoms with Gasteiger partial charge in [-0.25, -0.2) is 4.99 Å². The molecule has 136 valence electrons. The molecule has 2 aliphatic rings. The zero-order valence-electron chi connectivity index (χ0n) is 14.9. The fourth-order valence-corrected chi connectivity index (χ4v) is 2.97. The van der Waals surface area contributed by atoms with Gasteiger partial charge in [0.25, 0.3) is 0 Å². The summed E-state index contributed by atoms with van der Waals surface area (Å²) in [4.78, 5) is 31.6. The highest BCUT2D eigenvalue weighted by molar-refractivity contribution is 7.98. The van der Waals surface area contributed by atoms with Crippen LogP contribution < -0.4 is 10.6 Å². The lowest BCUT2D eigenvalue weighted by molar-refractivity contribution is -0.128. The molecular formula is C16H29N5O2S. The smallest absolute Gasteiger partial charge is 0.243 e. The molecule has 2 amide bonds. The molecule has 0 aromatic heterocycles. The van der Waals surface area contributed by atoms with Gasteiger partial charge in [-0.2, -0.15) is 11.8 Å². The van der Waals surface area contributed by atoms with Gasteiger partial charge in [0, 0.05) is 57.9 Å². The monoisotopic (exact) mass is 355 g/mol. The van der Waals surface area contributed by atoms with Gasteiger partial charge in [0.05, 0.1) is 0 Å². The summed E-state index contributed by atoms with van der Waals surface area (Å²) in [6, 6.07) is 0.494. The van der Waals surface area contributed by atoms with E-state index in [-0.39, 0.29) is 18.4 Å². The largest absolute Gasteiger partial charge is 0.356 e. The standard InChI is InChI=1S/C16H29N5O2S/c1-20(2)15(23)10-19-16(17-6-7-24-3)18-9-12-8-14(22)21(11-12)13-4-5-13/h12-13H,4-11H2,1-3H3,(H2,17,18,19). The summed E-state index contributed by atoms with van der Waals surface area (Å²) in [5.41, 5.74) is 0. The molecule has 8 heteroatoms. The normalized spacial score (nSPS) is 21.1. The van der Waals surface area contributed by atoms with Gasteiger partial charge in [0.15, 0.2) is 5.96 Å². The summed E-state index contributed by atoms with van der Waals surface area (Å²) in [6.45, 7) is 2.46. The van der Waals surface area contributed by atoms with Crippen molar-refractivity contribution in [1.29, 1.82) is 0 Å². The highest BCUT2D eigenvalue weighted by Crippen LogP contribution is 2.32. The molecule has 1 heterocycles. The molecular weight excluding hydrogens is 326 g/mol. The first-order valence-electron chi connectivity index (χ1n) is 8.52. The van der Waals surface area contributed by atoms with Crippen molar-refractivity contribution in [3.8, 4) is 0 Å². The van der Waals surface area contributed by atoms with Crippen molar-refractivity contribution in [3.05, 3.63) is 0 Å². The van der Waals surface area contributed by atoms with Crippen molar-refractivity contribution in [1.82, 2.24) is 20.4 Å². The van der Waals surface area contributed by atoms with Crippen LogP contribution in [0.2, 0.25) is 0 Å². The Morgan fingerprint density at radius 1 is 1.38 bits per heavy atom. The second-order valence-corrected chi connectivity index (χ2v) is 7.59. The number of hydrogen-bond acceptors (Lipinski definition) is 4. The van der Waals surface area contributed by atoms with E-state index in [1.54, 1.807) is 25.9 Å². The summed E-state index contributed by atoms with van der Waals surface area (Å²) < 4.78 is 0. The molecule has 0 aromatic rings. The quantitative estimate of drug-likeness (QED) is 0.364. The number of nitrogens with zero attached hydrogens (tertiary/aromatic N) is 3. The van der Waals surface area contributed by atoms with Crippen LogP contribution in [0.1, 0.15) is 19.3 Å². The van der Waals surface area contributed by atoms with Crippen LogP contribution in [0.15, 0.2) is 4.99 Å². The fraction of sp³-hybridized carbons (Fsp3) is 0.812. The SMILES string of the molecule is CSCCNC(=NCC(=O)N(C)C)NCC1CC(=O)N(C2CC2)C1. The Morgan fingerprint density at radius 2 is 2.12 bits per heavy atom. The Balaban J connectivity index is 1.81. The van der Waals surface area contributed by atoms with Crippen LogP contribution >= 0.6 is 11.8 Å². The molecule has 1 unspecified atom stereocenters. The number of carbonyl (C=O) groups is 2. The van der Waals surface area contributed by atoms with E-state index in [9.17, 15) is 9.59 Å². The molecule has 2 N–H and O–H groups in total. The first kappa shape index (κ1) is 18.9. The molecule has 0 aromatic carbocycles. The van der Waals surface area contributed by atoms with E-state index in [4.69, 9.17) is 0 Å². The maximum atomic E-state index is 12.0. The van der Waals surface area contributed by atoms with Gasteiger partial charge in [-0.1, -0.05) is 0 Å². The zero-order chi connectivity index (χ0) is 17.5. The summed E-state index contributed by atoms with van der Waals surface area (Å²) >= 11 is 1.76. The Labute approximate surface area is 148 Å². The minimum Gasteiger partial charge on any atom is -0.356 e. The summed E-state index contributed by atoms with van der Waals surface area (Å²) in [6.07, 6.45) is 4.97. The molecule has 1 aliphatic heterocycles. The number of aliphatic imine (C=N–C) groups is 1. The van der Waals surface area contributed by atoms with Gasteiger partial charge >= 0.3 is 0 Å². The van der Waals surface area contributed by atoms with Crippen LogP contribution in [-0.2, 0) is 9.59 Å². The van der Waals surface area contributed by atoms with Crippen LogP contribution in [0.25, 0.3) is 0 Å². The molecule has 1 atom stereocenters. The van der Waals surface area contributed by atoms with Crippen molar-refractivity contribution < 1.29 is 9.59 Å². The molecule has 1 aliphatic carbocycles. The van der Waals surface area contributed by atoms with E-state index in [0.29, 0.717) is 30.9 Å². The Bertz CT molecular complexity index is 479. The number of thioether (sulfide) groups is 1. The fourth-order valence-electron chi connectivity index (χ4n) is 2.66. The lowest BCUT2D eigenvalue weighted by Gasteiger charge is -2.17. The van der Waals surface area contributed by atoms with Crippen LogP contribution in [-0.4, -0.2) is 85.9 Å². The molecule has 24 heavy (non-hydrogen) atoms. The molecule has 0 bridgehead atoms. The number of likely N-dealkylation sites (tertiary alicyclic amines) is 1. The van der Waals surface area contributed by atoms with E-state index in [0.717, 1.165) is 31.7 Å². The van der Waals surface area contributed by atoms with Crippen LogP contribution in [0.4, 0.5) is 0 Å². The van der Waals surface area contributed by atoms with Gasteiger partial charge < -0.3 is 20.4 Å². The first-order valence-corrected chi connectivity index (χ1v) is 9.91. The minimum absolute atomic E-state index is 0.0306. The number of rotatable bonds is 8. The number of nitrogens with one attached hydrogen (secondary N) is 2. The molecule has 0 radical (unpaired) electrons. The van der Waals surface area contributed by atoms with Crippen molar-refractivity contribution in [2.24, 2.45) is 10.9 Å². The van der Waals surface area contributed by atoms with Crippen LogP contribution in [0, 0.1) is 5.92 Å². The van der Waals surface area contributed by atoms with E-state index in [1.165, 1.54) is 4.90 Å². The first-order chi connectivity index (χ1) is 11.5. The van der Waals surface area contributed by atoms with E-state index in [1.807, 2.05) is 4.90 Å². The Kier molecular flexibility index (Phi) is 7.20. The molecule has 7 nitrogen and oxygen atoms in total. The maximum absolute atomic E-state index is 12.0. The Hall–Kier alpha value is -1.44. The predicted molar refractivity (Wildman–Crippen MR) is 98.2 cm³/mol. The van der Waals surface area contributed by atoms with Crippen LogP contribution in [0.5, 0.6) is 0 Å². The van der Waals surface area contributed by atoms with Crippen molar-refractivity contribution in [3.63, 3.8) is 0 Å². The number of amides is 2. The third-order valence-electron chi connectivity index (χ3n) is 4.25. The molecule has 2 rings (SSSR count). The molecule has 1 saturated heterocycles. The van der Waals surface area contributed by atoms with Gasteiger partial charge in [0.1, 0.15) is 6.54 Å². The van der Waals surface area contributed by atoms with Gasteiger partial charge in [-0.05, 0) is 19.1 Å². The van der Waals surface area contributed by atoms with E-state index in [2.05, 4.69) is 21.9 Å². The van der Waals surface area contributed by atoms with Crippen molar-refractivity contribution in [2.45, 2.75) is 25.3 Å². The summed E-state index contributed by atoms with van der Waals surface area (Å²) in [5, 5.41) is 6.54. The number of hydrogen-bond donors (Lipinski definition) is 2. The third-order valence-corrected chi connectivity index (χ3v) is 4.87. The third kappa shape index (κ3) is 5.89. The van der Waals surface area contributed by atoms with E-state index >= 15 is 0 Å². The highest BCUT2D eigenvalue weighted by Gasteiger charge is 2.39. The minimum atomic E-state index is -0.0306. The highest BCUT2D eigenvalue weighted by atomic mass is 32.2. The lowest BCUT2D eigenvalue weighted by Crippen LogP contribution is -2.42.